The van der Waals surface area contributed by atoms with Crippen molar-refractivity contribution in [3.8, 4) is 5.75 Å². The summed E-state index contributed by atoms with van der Waals surface area (Å²) in [6, 6.07) is 13.0. The molecule has 6 nitrogen and oxygen atoms in total. The monoisotopic (exact) mass is 481 g/mol. The van der Waals surface area contributed by atoms with Gasteiger partial charge in [-0.3, -0.25) is 14.4 Å². The van der Waals surface area contributed by atoms with Crippen molar-refractivity contribution in [2.24, 2.45) is 0 Å². The van der Waals surface area contributed by atoms with Crippen molar-refractivity contribution >= 4 is 29.1 Å². The first-order chi connectivity index (χ1) is 15.9. The Balaban J connectivity index is 1.92. The summed E-state index contributed by atoms with van der Waals surface area (Å²) in [6.07, 6.45) is 0.0632. The number of ketones is 2. The van der Waals surface area contributed by atoms with E-state index in [1.165, 1.54) is 12.1 Å². The molecule has 7 heteroatoms. The van der Waals surface area contributed by atoms with E-state index in [-0.39, 0.29) is 35.8 Å². The molecule has 3 N–H and O–H groups in total. The van der Waals surface area contributed by atoms with Crippen LogP contribution in [0.25, 0.3) is 0 Å². The van der Waals surface area contributed by atoms with Crippen molar-refractivity contribution in [2.45, 2.75) is 45.6 Å². The van der Waals surface area contributed by atoms with Crippen molar-refractivity contribution in [1.29, 1.82) is 0 Å². The number of rotatable bonds is 7. The van der Waals surface area contributed by atoms with Gasteiger partial charge < -0.3 is 15.5 Å². The zero-order valence-corrected chi connectivity index (χ0v) is 20.4. The summed E-state index contributed by atoms with van der Waals surface area (Å²) in [5.74, 6) is -1.73. The zero-order chi connectivity index (χ0) is 25.2. The summed E-state index contributed by atoms with van der Waals surface area (Å²) in [5, 5.41) is 24.3. The second kappa shape index (κ2) is 9.95. The van der Waals surface area contributed by atoms with Crippen molar-refractivity contribution < 1.29 is 24.6 Å². The van der Waals surface area contributed by atoms with Gasteiger partial charge in [-0.1, -0.05) is 35.9 Å². The second-order valence-electron chi connectivity index (χ2n) is 8.95. The maximum absolute atomic E-state index is 13.3. The van der Waals surface area contributed by atoms with Gasteiger partial charge in [0.15, 0.2) is 11.6 Å². The van der Waals surface area contributed by atoms with E-state index >= 15 is 0 Å². The molecule has 0 aromatic heterocycles. The van der Waals surface area contributed by atoms with E-state index in [9.17, 15) is 24.6 Å². The molecule has 0 bridgehead atoms. The van der Waals surface area contributed by atoms with E-state index in [1.54, 1.807) is 64.1 Å². The number of phenols is 1. The van der Waals surface area contributed by atoms with Gasteiger partial charge in [0.1, 0.15) is 5.75 Å². The van der Waals surface area contributed by atoms with Gasteiger partial charge in [-0.25, -0.2) is 0 Å². The number of allylic oxidation sites excluding steroid dienone is 4. The molecule has 2 aromatic carbocycles. The predicted octanol–water partition coefficient (Wildman–Crippen LogP) is 4.51. The Morgan fingerprint density at radius 2 is 1.56 bits per heavy atom. The van der Waals surface area contributed by atoms with Gasteiger partial charge in [0.25, 0.3) is 5.91 Å². The Bertz CT molecular complexity index is 1210. The number of carbonyl (C=O) groups excluding carboxylic acids is 3. The molecule has 0 aliphatic heterocycles. The number of Topliss-reactive ketones (excluding diaryl/α,β-unsaturated/α-hetero) is 2. The summed E-state index contributed by atoms with van der Waals surface area (Å²) in [4.78, 5) is 38.6. The molecule has 0 fully saturated rings. The number of hydrogen-bond donors (Lipinski definition) is 3. The van der Waals surface area contributed by atoms with Crippen LogP contribution in [0.4, 0.5) is 0 Å². The molecule has 0 spiro atoms. The average molecular weight is 482 g/mol. The van der Waals surface area contributed by atoms with Crippen molar-refractivity contribution in [3.63, 3.8) is 0 Å². The van der Waals surface area contributed by atoms with Crippen LogP contribution in [0.2, 0.25) is 5.02 Å². The van der Waals surface area contributed by atoms with Gasteiger partial charge in [0.2, 0.25) is 0 Å². The van der Waals surface area contributed by atoms with Crippen molar-refractivity contribution in [2.75, 3.05) is 6.54 Å². The van der Waals surface area contributed by atoms with Gasteiger partial charge in [0.05, 0.1) is 11.2 Å². The maximum atomic E-state index is 13.3. The van der Waals surface area contributed by atoms with Crippen LogP contribution in [0.15, 0.2) is 70.8 Å². The number of amides is 1. The standard InChI is InChI=1S/C27H28ClNO5/c1-15-16(2)25(32)23(17(3)24(15)31)21(18-9-11-19(28)12-10-18)13-27(4,34)14-29-26(33)20-7-5-6-8-22(20)30/h5-12,21,30,34H,13-14H2,1-4H3,(H,29,33). The lowest BCUT2D eigenvalue weighted by Gasteiger charge is -2.32. The molecular formula is C27H28ClNO5. The summed E-state index contributed by atoms with van der Waals surface area (Å²) >= 11 is 6.06. The van der Waals surface area contributed by atoms with Crippen LogP contribution >= 0.6 is 11.6 Å². The quantitative estimate of drug-likeness (QED) is 0.505. The average Bonchev–Trinajstić information content (AvgIpc) is 2.80. The van der Waals surface area contributed by atoms with Crippen LogP contribution < -0.4 is 5.32 Å². The zero-order valence-electron chi connectivity index (χ0n) is 19.6. The van der Waals surface area contributed by atoms with E-state index in [1.807, 2.05) is 0 Å². The Morgan fingerprint density at radius 3 is 2.18 bits per heavy atom. The summed E-state index contributed by atoms with van der Waals surface area (Å²) in [5.41, 5.74) is 0.866. The number of hydrogen-bond acceptors (Lipinski definition) is 5. The van der Waals surface area contributed by atoms with Gasteiger partial charge in [-0.15, -0.1) is 0 Å². The van der Waals surface area contributed by atoms with Crippen LogP contribution in [0.1, 0.15) is 56.0 Å². The predicted molar refractivity (Wildman–Crippen MR) is 131 cm³/mol. The van der Waals surface area contributed by atoms with E-state index < -0.39 is 17.4 Å². The van der Waals surface area contributed by atoms with E-state index in [2.05, 4.69) is 5.32 Å². The normalized spacial score (nSPS) is 17.0. The summed E-state index contributed by atoms with van der Waals surface area (Å²) < 4.78 is 0. The smallest absolute Gasteiger partial charge is 0.255 e. The molecule has 0 radical (unpaired) electrons. The number of nitrogens with one attached hydrogen (secondary N) is 1. The topological polar surface area (TPSA) is 104 Å². The van der Waals surface area contributed by atoms with Crippen LogP contribution in [-0.4, -0.2) is 39.8 Å². The highest BCUT2D eigenvalue weighted by Crippen LogP contribution is 2.39. The number of halogens is 1. The Kier molecular flexibility index (Phi) is 7.44. The maximum Gasteiger partial charge on any atom is 0.255 e. The second-order valence-corrected chi connectivity index (χ2v) is 9.39. The first-order valence-corrected chi connectivity index (χ1v) is 11.3. The molecule has 1 amide bonds. The highest BCUT2D eigenvalue weighted by Gasteiger charge is 2.37. The van der Waals surface area contributed by atoms with Gasteiger partial charge >= 0.3 is 0 Å². The van der Waals surface area contributed by atoms with E-state index in [0.29, 0.717) is 27.3 Å². The van der Waals surface area contributed by atoms with Gasteiger partial charge in [-0.05, 0) is 63.9 Å². The van der Waals surface area contributed by atoms with Crippen molar-refractivity contribution in [1.82, 2.24) is 5.32 Å². The van der Waals surface area contributed by atoms with Gasteiger partial charge in [-0.2, -0.15) is 0 Å². The number of aliphatic hydroxyl groups is 1. The molecule has 2 unspecified atom stereocenters. The fourth-order valence-corrected chi connectivity index (χ4v) is 4.29. The fourth-order valence-electron chi connectivity index (χ4n) is 4.16. The Morgan fingerprint density at radius 1 is 0.971 bits per heavy atom. The lowest BCUT2D eigenvalue weighted by atomic mass is 9.73. The minimum Gasteiger partial charge on any atom is -0.507 e. The Labute approximate surface area is 204 Å². The lowest BCUT2D eigenvalue weighted by molar-refractivity contribution is -0.116. The number of carbonyl (C=O) groups is 3. The molecule has 178 valence electrons. The number of benzene rings is 2. The SMILES string of the molecule is CC1=C(C)C(=O)C(C(CC(C)(O)CNC(=O)c2ccccc2O)c2ccc(Cl)cc2)=C(C)C1=O. The molecule has 0 heterocycles. The minimum absolute atomic E-state index is 0.0632. The first-order valence-electron chi connectivity index (χ1n) is 10.9. The van der Waals surface area contributed by atoms with Crippen molar-refractivity contribution in [3.05, 3.63) is 87.0 Å². The molecule has 2 aromatic rings. The minimum atomic E-state index is -1.44. The third-order valence-corrected chi connectivity index (χ3v) is 6.53. The molecule has 3 rings (SSSR count). The lowest BCUT2D eigenvalue weighted by Crippen LogP contribution is -2.42. The van der Waals surface area contributed by atoms with E-state index in [4.69, 9.17) is 11.6 Å². The highest BCUT2D eigenvalue weighted by molar-refractivity contribution is 6.30. The highest BCUT2D eigenvalue weighted by atomic mass is 35.5. The van der Waals surface area contributed by atoms with E-state index in [0.717, 1.165) is 5.56 Å². The third-order valence-electron chi connectivity index (χ3n) is 6.28. The molecule has 0 saturated heterocycles. The van der Waals surface area contributed by atoms with Gasteiger partial charge in [0, 0.05) is 39.8 Å². The molecule has 0 saturated carbocycles. The molecule has 1 aliphatic carbocycles. The molecule has 34 heavy (non-hydrogen) atoms. The Hall–Kier alpha value is -3.22. The number of aromatic hydroxyl groups is 1. The molecule has 1 aliphatic rings. The molecule has 2 atom stereocenters. The number of para-hydroxylation sites is 1. The largest absolute Gasteiger partial charge is 0.507 e. The van der Waals surface area contributed by atoms with Crippen LogP contribution in [0, 0.1) is 0 Å². The van der Waals surface area contributed by atoms with Crippen LogP contribution in [0.3, 0.4) is 0 Å². The summed E-state index contributed by atoms with van der Waals surface area (Å²) in [7, 11) is 0. The number of phenolic OH excluding ortho intramolecular Hbond substituents is 1. The fraction of sp³-hybridized carbons (Fsp3) is 0.296. The summed E-state index contributed by atoms with van der Waals surface area (Å²) in [6.45, 7) is 6.32. The van der Waals surface area contributed by atoms with Crippen LogP contribution in [0.5, 0.6) is 5.75 Å². The molecular weight excluding hydrogens is 454 g/mol. The van der Waals surface area contributed by atoms with Crippen LogP contribution in [-0.2, 0) is 9.59 Å². The third kappa shape index (κ3) is 5.29. The first kappa shape index (κ1) is 25.4.